The molecular weight excluding hydrogens is 266 g/mol. The minimum Gasteiger partial charge on any atom is -0.449 e. The van der Waals surface area contributed by atoms with E-state index < -0.39 is 29.4 Å². The third kappa shape index (κ3) is 4.06. The first kappa shape index (κ1) is 15.1. The number of nitro benzene ring substituents is 1. The average molecular weight is 277 g/mol. The number of nitrogens with one attached hydrogen (secondary N) is 1. The fourth-order valence-corrected chi connectivity index (χ4v) is 1.33. The highest BCUT2D eigenvalue weighted by molar-refractivity contribution is 5.97. The molecule has 104 valence electrons. The maximum absolute atomic E-state index is 11.8. The van der Waals surface area contributed by atoms with Crippen LogP contribution in [0.2, 0.25) is 0 Å². The van der Waals surface area contributed by atoms with Crippen LogP contribution in [0.4, 0.5) is 5.69 Å². The van der Waals surface area contributed by atoms with Crippen LogP contribution in [-0.2, 0) is 9.53 Å². The number of hydrogen-bond acceptors (Lipinski definition) is 6. The van der Waals surface area contributed by atoms with Crippen LogP contribution in [0, 0.1) is 21.4 Å². The summed E-state index contributed by atoms with van der Waals surface area (Å²) in [7, 11) is 0. The molecule has 0 aliphatic heterocycles. The summed E-state index contributed by atoms with van der Waals surface area (Å²) in [6, 6.07) is 5.77. The van der Waals surface area contributed by atoms with E-state index in [1.807, 2.05) is 0 Å². The molecule has 20 heavy (non-hydrogen) atoms. The summed E-state index contributed by atoms with van der Waals surface area (Å²) in [5.41, 5.74) is -0.170. The van der Waals surface area contributed by atoms with Crippen molar-refractivity contribution < 1.29 is 19.2 Å². The summed E-state index contributed by atoms with van der Waals surface area (Å²) in [5, 5.41) is 21.2. The second-order valence-electron chi connectivity index (χ2n) is 3.77. The van der Waals surface area contributed by atoms with Crippen LogP contribution in [0.1, 0.15) is 17.3 Å². The van der Waals surface area contributed by atoms with E-state index >= 15 is 0 Å². The zero-order valence-electron chi connectivity index (χ0n) is 10.5. The van der Waals surface area contributed by atoms with Crippen molar-refractivity contribution in [3.05, 3.63) is 39.9 Å². The lowest BCUT2D eigenvalue weighted by Crippen LogP contribution is -2.39. The van der Waals surface area contributed by atoms with Crippen LogP contribution in [0.25, 0.3) is 0 Å². The Bertz CT molecular complexity index is 579. The lowest BCUT2D eigenvalue weighted by molar-refractivity contribution is -0.384. The Hall–Kier alpha value is -2.95. The molecular formula is C12H11N3O5. The number of carbonyl (C=O) groups excluding carboxylic acids is 2. The molecule has 0 unspecified atom stereocenters. The SMILES string of the molecule is C[C@H](NC(=O)c1cccc([N+](=O)[O-])c1)C(=O)OCC#N. The first-order chi connectivity index (χ1) is 9.45. The molecule has 0 aromatic heterocycles. The summed E-state index contributed by atoms with van der Waals surface area (Å²) >= 11 is 0. The molecule has 1 atom stereocenters. The Balaban J connectivity index is 2.71. The van der Waals surface area contributed by atoms with Gasteiger partial charge in [-0.2, -0.15) is 5.26 Å². The van der Waals surface area contributed by atoms with Gasteiger partial charge in [-0.15, -0.1) is 0 Å². The lowest BCUT2D eigenvalue weighted by Gasteiger charge is -2.11. The van der Waals surface area contributed by atoms with Crippen molar-refractivity contribution >= 4 is 17.6 Å². The summed E-state index contributed by atoms with van der Waals surface area (Å²) in [4.78, 5) is 33.1. The number of nitriles is 1. The second-order valence-corrected chi connectivity index (χ2v) is 3.77. The van der Waals surface area contributed by atoms with Gasteiger partial charge in [0, 0.05) is 17.7 Å². The predicted molar refractivity (Wildman–Crippen MR) is 66.6 cm³/mol. The summed E-state index contributed by atoms with van der Waals surface area (Å²) in [5.74, 6) is -1.40. The van der Waals surface area contributed by atoms with Crippen LogP contribution in [0.5, 0.6) is 0 Å². The Labute approximate surface area is 114 Å². The fourth-order valence-electron chi connectivity index (χ4n) is 1.33. The monoisotopic (exact) mass is 277 g/mol. The maximum Gasteiger partial charge on any atom is 0.329 e. The zero-order chi connectivity index (χ0) is 15.1. The molecule has 0 radical (unpaired) electrons. The molecule has 1 amide bonds. The highest BCUT2D eigenvalue weighted by Gasteiger charge is 2.19. The van der Waals surface area contributed by atoms with Crippen molar-refractivity contribution in [1.82, 2.24) is 5.32 Å². The first-order valence-corrected chi connectivity index (χ1v) is 5.54. The molecule has 0 aliphatic carbocycles. The van der Waals surface area contributed by atoms with Crippen molar-refractivity contribution in [1.29, 1.82) is 5.26 Å². The minimum atomic E-state index is -0.963. The van der Waals surface area contributed by atoms with Crippen LogP contribution in [0.15, 0.2) is 24.3 Å². The standard InChI is InChI=1S/C12H11N3O5/c1-8(12(17)20-6-5-13)14-11(16)9-3-2-4-10(7-9)15(18)19/h2-4,7-8H,6H2,1H3,(H,14,16)/t8-/m0/s1. The van der Waals surface area contributed by atoms with Gasteiger partial charge in [-0.05, 0) is 13.0 Å². The van der Waals surface area contributed by atoms with E-state index in [1.165, 1.54) is 25.1 Å². The Morgan fingerprint density at radius 2 is 2.25 bits per heavy atom. The van der Waals surface area contributed by atoms with Crippen molar-refractivity contribution in [3.63, 3.8) is 0 Å². The highest BCUT2D eigenvalue weighted by atomic mass is 16.6. The molecule has 0 heterocycles. The number of non-ortho nitro benzene ring substituents is 1. The molecule has 1 rings (SSSR count). The molecule has 8 nitrogen and oxygen atoms in total. The maximum atomic E-state index is 11.8. The van der Waals surface area contributed by atoms with Gasteiger partial charge in [0.1, 0.15) is 12.1 Å². The number of benzene rings is 1. The lowest BCUT2D eigenvalue weighted by atomic mass is 10.2. The Morgan fingerprint density at radius 1 is 1.55 bits per heavy atom. The van der Waals surface area contributed by atoms with Crippen molar-refractivity contribution in [2.24, 2.45) is 0 Å². The van der Waals surface area contributed by atoms with E-state index in [-0.39, 0.29) is 11.3 Å². The summed E-state index contributed by atoms with van der Waals surface area (Å²) in [6.45, 7) is 0.977. The van der Waals surface area contributed by atoms with E-state index in [2.05, 4.69) is 10.1 Å². The van der Waals surface area contributed by atoms with Crippen LogP contribution in [0.3, 0.4) is 0 Å². The number of carbonyl (C=O) groups is 2. The van der Waals surface area contributed by atoms with Crippen molar-refractivity contribution in [3.8, 4) is 6.07 Å². The second kappa shape index (κ2) is 6.84. The van der Waals surface area contributed by atoms with E-state index in [9.17, 15) is 19.7 Å². The number of hydrogen-bond donors (Lipinski definition) is 1. The van der Waals surface area contributed by atoms with Gasteiger partial charge in [-0.3, -0.25) is 14.9 Å². The quantitative estimate of drug-likeness (QED) is 0.482. The number of esters is 1. The van der Waals surface area contributed by atoms with E-state index in [0.717, 1.165) is 6.07 Å². The summed E-state index contributed by atoms with van der Waals surface area (Å²) < 4.78 is 4.53. The van der Waals surface area contributed by atoms with Gasteiger partial charge in [-0.25, -0.2) is 4.79 Å². The largest absolute Gasteiger partial charge is 0.449 e. The third-order valence-electron chi connectivity index (χ3n) is 2.30. The van der Waals surface area contributed by atoms with Crippen LogP contribution in [-0.4, -0.2) is 29.4 Å². The smallest absolute Gasteiger partial charge is 0.329 e. The zero-order valence-corrected chi connectivity index (χ0v) is 10.5. The third-order valence-corrected chi connectivity index (χ3v) is 2.30. The van der Waals surface area contributed by atoms with Crippen LogP contribution >= 0.6 is 0 Å². The van der Waals surface area contributed by atoms with E-state index in [0.29, 0.717) is 0 Å². The molecule has 1 aromatic carbocycles. The molecule has 0 saturated heterocycles. The molecule has 1 aromatic rings. The molecule has 0 saturated carbocycles. The average Bonchev–Trinajstić information content (AvgIpc) is 2.44. The van der Waals surface area contributed by atoms with Gasteiger partial charge >= 0.3 is 5.97 Å². The van der Waals surface area contributed by atoms with Gasteiger partial charge in [0.25, 0.3) is 11.6 Å². The molecule has 1 N–H and O–H groups in total. The van der Waals surface area contributed by atoms with E-state index in [1.54, 1.807) is 6.07 Å². The van der Waals surface area contributed by atoms with Crippen molar-refractivity contribution in [2.45, 2.75) is 13.0 Å². The molecule has 0 bridgehead atoms. The first-order valence-electron chi connectivity index (χ1n) is 5.54. The number of rotatable bonds is 5. The topological polar surface area (TPSA) is 122 Å². The number of nitro groups is 1. The van der Waals surface area contributed by atoms with Gasteiger partial charge in [0.2, 0.25) is 0 Å². The summed E-state index contributed by atoms with van der Waals surface area (Å²) in [6.07, 6.45) is 0. The Kier molecular flexibility index (Phi) is 5.17. The van der Waals surface area contributed by atoms with Gasteiger partial charge in [0.05, 0.1) is 4.92 Å². The number of ether oxygens (including phenoxy) is 1. The normalized spacial score (nSPS) is 11.0. The predicted octanol–water partition coefficient (Wildman–Crippen LogP) is 0.780. The molecule has 0 spiro atoms. The highest BCUT2D eigenvalue weighted by Crippen LogP contribution is 2.13. The van der Waals surface area contributed by atoms with Gasteiger partial charge in [-0.1, -0.05) is 6.07 Å². The van der Waals surface area contributed by atoms with Crippen LogP contribution < -0.4 is 5.32 Å². The minimum absolute atomic E-state index is 0.0548. The molecule has 8 heteroatoms. The molecule has 0 fully saturated rings. The fraction of sp³-hybridized carbons (Fsp3) is 0.250. The van der Waals surface area contributed by atoms with Gasteiger partial charge < -0.3 is 10.1 Å². The number of amides is 1. The van der Waals surface area contributed by atoms with Crippen molar-refractivity contribution in [2.75, 3.05) is 6.61 Å². The van der Waals surface area contributed by atoms with E-state index in [4.69, 9.17) is 5.26 Å². The van der Waals surface area contributed by atoms with Gasteiger partial charge in [0.15, 0.2) is 6.61 Å². The number of nitrogens with zero attached hydrogens (tertiary/aromatic N) is 2. The Morgan fingerprint density at radius 3 is 2.85 bits per heavy atom. The molecule has 0 aliphatic rings.